The van der Waals surface area contributed by atoms with Gasteiger partial charge in [0, 0.05) is 11.1 Å². The van der Waals surface area contributed by atoms with Crippen molar-refractivity contribution in [3.8, 4) is 0 Å². The molecule has 1 aromatic carbocycles. The van der Waals surface area contributed by atoms with Gasteiger partial charge >= 0.3 is 0 Å². The van der Waals surface area contributed by atoms with Crippen LogP contribution in [0.3, 0.4) is 0 Å². The first kappa shape index (κ1) is 17.0. The van der Waals surface area contributed by atoms with Crippen molar-refractivity contribution in [3.05, 3.63) is 35.4 Å². The van der Waals surface area contributed by atoms with E-state index in [1.807, 2.05) is 27.7 Å². The molecule has 0 fully saturated rings. The molecule has 2 heteroatoms. The topological polar surface area (TPSA) is 34.1 Å². The van der Waals surface area contributed by atoms with Crippen molar-refractivity contribution in [1.29, 1.82) is 0 Å². The van der Waals surface area contributed by atoms with Crippen LogP contribution >= 0.6 is 0 Å². The van der Waals surface area contributed by atoms with Crippen LogP contribution in [0.15, 0.2) is 24.3 Å². The molecule has 0 heterocycles. The molecule has 0 aliphatic rings. The summed E-state index contributed by atoms with van der Waals surface area (Å²) in [5.41, 5.74) is 1.28. The van der Waals surface area contributed by atoms with Crippen molar-refractivity contribution in [2.24, 2.45) is 0 Å². The summed E-state index contributed by atoms with van der Waals surface area (Å²) in [6.45, 7) is 11.0. The van der Waals surface area contributed by atoms with E-state index >= 15 is 0 Å². The molecule has 0 aliphatic heterocycles. The summed E-state index contributed by atoms with van der Waals surface area (Å²) in [4.78, 5) is 21.7. The average Bonchev–Trinajstić information content (AvgIpc) is 2.34. The van der Waals surface area contributed by atoms with Crippen LogP contribution in [0, 0.1) is 0 Å². The highest BCUT2D eigenvalue weighted by molar-refractivity contribution is 5.97. The first-order valence-electron chi connectivity index (χ1n) is 5.73. The number of benzene rings is 1. The molecule has 0 N–H and O–H groups in total. The predicted molar refractivity (Wildman–Crippen MR) is 69.1 cm³/mol. The SMILES string of the molecule is CC.CC.CC(=O)c1ccc(C(C)=O)cc1. The Balaban J connectivity index is 0. The van der Waals surface area contributed by atoms with E-state index in [9.17, 15) is 9.59 Å². The lowest BCUT2D eigenvalue weighted by Crippen LogP contribution is -1.95. The fourth-order valence-electron chi connectivity index (χ4n) is 0.940. The second kappa shape index (κ2) is 10.1. The lowest BCUT2D eigenvalue weighted by atomic mass is 10.1. The number of Topliss-reactive ketones (excluding diaryl/α,β-unsaturated/α-hetero) is 2. The maximum atomic E-state index is 10.8. The smallest absolute Gasteiger partial charge is 0.159 e. The van der Waals surface area contributed by atoms with Crippen molar-refractivity contribution in [3.63, 3.8) is 0 Å². The molecule has 0 saturated heterocycles. The molecule has 0 aliphatic carbocycles. The number of ketones is 2. The molecule has 0 radical (unpaired) electrons. The zero-order chi connectivity index (χ0) is 13.1. The van der Waals surface area contributed by atoms with Crippen LogP contribution in [-0.4, -0.2) is 11.6 Å². The van der Waals surface area contributed by atoms with E-state index in [1.165, 1.54) is 13.8 Å². The third-order valence-corrected chi connectivity index (χ3v) is 1.70. The standard InChI is InChI=1S/C10H10O2.2C2H6/c1-7(11)9-3-5-10(6-4-9)8(2)12;2*1-2/h3-6H,1-2H3;2*1-2H3. The minimum Gasteiger partial charge on any atom is -0.295 e. The third kappa shape index (κ3) is 6.12. The van der Waals surface area contributed by atoms with E-state index in [0.29, 0.717) is 11.1 Å². The molecule has 90 valence electrons. The normalized spacial score (nSPS) is 7.88. The number of carbonyl (C=O) groups is 2. The van der Waals surface area contributed by atoms with Gasteiger partial charge in [-0.3, -0.25) is 9.59 Å². The summed E-state index contributed by atoms with van der Waals surface area (Å²) in [6.07, 6.45) is 0. The fourth-order valence-corrected chi connectivity index (χ4v) is 0.940. The van der Waals surface area contributed by atoms with E-state index in [4.69, 9.17) is 0 Å². The van der Waals surface area contributed by atoms with Crippen molar-refractivity contribution < 1.29 is 9.59 Å². The molecule has 1 rings (SSSR count). The van der Waals surface area contributed by atoms with Gasteiger partial charge in [0.25, 0.3) is 0 Å². The van der Waals surface area contributed by atoms with Crippen LogP contribution in [0.4, 0.5) is 0 Å². The molecule has 0 amide bonds. The molecule has 0 atom stereocenters. The molecular weight excluding hydrogens is 200 g/mol. The molecular formula is C14H22O2. The minimum atomic E-state index is 0.0186. The predicted octanol–water partition coefficient (Wildman–Crippen LogP) is 4.14. The highest BCUT2D eigenvalue weighted by Crippen LogP contribution is 2.05. The summed E-state index contributed by atoms with van der Waals surface area (Å²) in [5.74, 6) is 0.0372. The van der Waals surface area contributed by atoms with E-state index in [-0.39, 0.29) is 11.6 Å². The summed E-state index contributed by atoms with van der Waals surface area (Å²) in [5, 5.41) is 0. The molecule has 0 bridgehead atoms. The summed E-state index contributed by atoms with van der Waals surface area (Å²) >= 11 is 0. The Labute approximate surface area is 98.7 Å². The van der Waals surface area contributed by atoms with Crippen molar-refractivity contribution in [2.75, 3.05) is 0 Å². The first-order chi connectivity index (χ1) is 7.61. The van der Waals surface area contributed by atoms with Gasteiger partial charge in [0.05, 0.1) is 0 Å². The van der Waals surface area contributed by atoms with Gasteiger partial charge in [-0.2, -0.15) is 0 Å². The third-order valence-electron chi connectivity index (χ3n) is 1.70. The van der Waals surface area contributed by atoms with Gasteiger partial charge in [-0.05, 0) is 13.8 Å². The average molecular weight is 222 g/mol. The largest absolute Gasteiger partial charge is 0.295 e. The van der Waals surface area contributed by atoms with Crippen molar-refractivity contribution >= 4 is 11.6 Å². The maximum absolute atomic E-state index is 10.8. The minimum absolute atomic E-state index is 0.0186. The van der Waals surface area contributed by atoms with E-state index in [2.05, 4.69) is 0 Å². The second-order valence-corrected chi connectivity index (χ2v) is 2.69. The van der Waals surface area contributed by atoms with Gasteiger partial charge < -0.3 is 0 Å². The number of carbonyl (C=O) groups excluding carboxylic acids is 2. The van der Waals surface area contributed by atoms with Gasteiger partial charge in [0.2, 0.25) is 0 Å². The Morgan fingerprint density at radius 1 is 0.688 bits per heavy atom. The Hall–Kier alpha value is -1.44. The monoisotopic (exact) mass is 222 g/mol. The quantitative estimate of drug-likeness (QED) is 0.704. The highest BCUT2D eigenvalue weighted by Gasteiger charge is 2.00. The molecule has 2 nitrogen and oxygen atoms in total. The lowest BCUT2D eigenvalue weighted by molar-refractivity contribution is 0.100. The zero-order valence-electron chi connectivity index (χ0n) is 11.1. The van der Waals surface area contributed by atoms with E-state index < -0.39 is 0 Å². The Kier molecular flexibility index (Phi) is 10.7. The van der Waals surface area contributed by atoms with Gasteiger partial charge in [-0.25, -0.2) is 0 Å². The van der Waals surface area contributed by atoms with Crippen molar-refractivity contribution in [1.82, 2.24) is 0 Å². The Morgan fingerprint density at radius 3 is 1.00 bits per heavy atom. The number of hydrogen-bond acceptors (Lipinski definition) is 2. The highest BCUT2D eigenvalue weighted by atomic mass is 16.1. The zero-order valence-corrected chi connectivity index (χ0v) is 11.1. The number of rotatable bonds is 2. The molecule has 0 saturated carbocycles. The van der Waals surface area contributed by atoms with E-state index in [0.717, 1.165) is 0 Å². The van der Waals surface area contributed by atoms with Crippen LogP contribution < -0.4 is 0 Å². The van der Waals surface area contributed by atoms with Gasteiger partial charge in [0.1, 0.15) is 0 Å². The number of hydrogen-bond donors (Lipinski definition) is 0. The molecule has 1 aromatic rings. The second-order valence-electron chi connectivity index (χ2n) is 2.69. The Bertz CT molecular complexity index is 277. The molecule has 0 aromatic heterocycles. The Morgan fingerprint density at radius 2 is 0.875 bits per heavy atom. The van der Waals surface area contributed by atoms with Crippen molar-refractivity contribution in [2.45, 2.75) is 41.5 Å². The molecule has 0 spiro atoms. The molecule has 0 unspecified atom stereocenters. The summed E-state index contributed by atoms with van der Waals surface area (Å²) in [7, 11) is 0. The summed E-state index contributed by atoms with van der Waals surface area (Å²) in [6, 6.07) is 6.66. The van der Waals surface area contributed by atoms with Gasteiger partial charge in [-0.15, -0.1) is 0 Å². The van der Waals surface area contributed by atoms with Crippen LogP contribution in [0.1, 0.15) is 62.3 Å². The fraction of sp³-hybridized carbons (Fsp3) is 0.429. The lowest BCUT2D eigenvalue weighted by Gasteiger charge is -1.96. The van der Waals surface area contributed by atoms with Crippen LogP contribution in [0.2, 0.25) is 0 Å². The van der Waals surface area contributed by atoms with Crippen LogP contribution in [-0.2, 0) is 0 Å². The van der Waals surface area contributed by atoms with Crippen LogP contribution in [0.5, 0.6) is 0 Å². The maximum Gasteiger partial charge on any atom is 0.159 e. The first-order valence-corrected chi connectivity index (χ1v) is 5.73. The van der Waals surface area contributed by atoms with E-state index in [1.54, 1.807) is 24.3 Å². The molecule has 16 heavy (non-hydrogen) atoms. The van der Waals surface area contributed by atoms with Gasteiger partial charge in [0.15, 0.2) is 11.6 Å². The van der Waals surface area contributed by atoms with Crippen LogP contribution in [0.25, 0.3) is 0 Å². The summed E-state index contributed by atoms with van der Waals surface area (Å²) < 4.78 is 0. The van der Waals surface area contributed by atoms with Gasteiger partial charge in [-0.1, -0.05) is 52.0 Å².